The first-order chi connectivity index (χ1) is 8.36. The molecule has 1 aromatic rings. The van der Waals surface area contributed by atoms with Crippen molar-refractivity contribution < 1.29 is 13.2 Å². The van der Waals surface area contributed by atoms with Crippen molar-refractivity contribution in [3.63, 3.8) is 0 Å². The van der Waals surface area contributed by atoms with Crippen LogP contribution in [-0.4, -0.2) is 31.1 Å². The van der Waals surface area contributed by atoms with Crippen molar-refractivity contribution in [1.82, 2.24) is 4.90 Å². The summed E-state index contributed by atoms with van der Waals surface area (Å²) in [5.41, 5.74) is 0.253. The monoisotopic (exact) mass is 258 g/mol. The predicted octanol–water partition coefficient (Wildman–Crippen LogP) is 3.13. The molecule has 0 aliphatic carbocycles. The SMILES string of the molecule is Cc1ccc(NC2CCN(C)C2)cc1C(F)(F)F. The third-order valence-electron chi connectivity index (χ3n) is 3.31. The number of likely N-dealkylation sites (tertiary alicyclic amines) is 1. The Labute approximate surface area is 105 Å². The van der Waals surface area contributed by atoms with E-state index in [1.54, 1.807) is 6.07 Å². The first-order valence-electron chi connectivity index (χ1n) is 5.99. The Morgan fingerprint density at radius 1 is 1.33 bits per heavy atom. The molecule has 1 unspecified atom stereocenters. The molecule has 1 N–H and O–H groups in total. The highest BCUT2D eigenvalue weighted by atomic mass is 19.4. The molecule has 2 nitrogen and oxygen atoms in total. The van der Waals surface area contributed by atoms with E-state index >= 15 is 0 Å². The van der Waals surface area contributed by atoms with Crippen LogP contribution in [0.4, 0.5) is 18.9 Å². The molecule has 1 fully saturated rings. The Hall–Kier alpha value is -1.23. The van der Waals surface area contributed by atoms with Crippen molar-refractivity contribution in [2.24, 2.45) is 0 Å². The van der Waals surface area contributed by atoms with E-state index in [1.165, 1.54) is 19.1 Å². The number of rotatable bonds is 2. The average molecular weight is 258 g/mol. The minimum atomic E-state index is -4.28. The highest BCUT2D eigenvalue weighted by Crippen LogP contribution is 2.33. The molecule has 1 heterocycles. The van der Waals surface area contributed by atoms with Gasteiger partial charge in [0, 0.05) is 18.3 Å². The van der Waals surface area contributed by atoms with Crippen LogP contribution in [0.5, 0.6) is 0 Å². The Balaban J connectivity index is 2.15. The summed E-state index contributed by atoms with van der Waals surface area (Å²) < 4.78 is 38.3. The van der Waals surface area contributed by atoms with Gasteiger partial charge in [0.1, 0.15) is 0 Å². The number of alkyl halides is 3. The predicted molar refractivity (Wildman–Crippen MR) is 65.7 cm³/mol. The standard InChI is InChI=1S/C13H17F3N2/c1-9-3-4-10(7-12(9)13(14,15)16)17-11-5-6-18(2)8-11/h3-4,7,11,17H,5-6,8H2,1-2H3. The molecule has 0 amide bonds. The lowest BCUT2D eigenvalue weighted by Crippen LogP contribution is -2.23. The number of anilines is 1. The second-order valence-corrected chi connectivity index (χ2v) is 4.92. The summed E-state index contributed by atoms with van der Waals surface area (Å²) in [4.78, 5) is 2.16. The van der Waals surface area contributed by atoms with E-state index in [2.05, 4.69) is 10.2 Å². The van der Waals surface area contributed by atoms with Gasteiger partial charge in [0.2, 0.25) is 0 Å². The lowest BCUT2D eigenvalue weighted by Gasteiger charge is -2.17. The van der Waals surface area contributed by atoms with Crippen LogP contribution < -0.4 is 5.32 Å². The number of nitrogens with zero attached hydrogens (tertiary/aromatic N) is 1. The van der Waals surface area contributed by atoms with E-state index in [4.69, 9.17) is 0 Å². The van der Waals surface area contributed by atoms with Crippen LogP contribution in [-0.2, 0) is 6.18 Å². The highest BCUT2D eigenvalue weighted by Gasteiger charge is 2.32. The fourth-order valence-corrected chi connectivity index (χ4v) is 2.31. The Morgan fingerprint density at radius 3 is 2.61 bits per heavy atom. The van der Waals surface area contributed by atoms with Gasteiger partial charge in [-0.05, 0) is 44.6 Å². The van der Waals surface area contributed by atoms with E-state index in [9.17, 15) is 13.2 Å². The number of hydrogen-bond donors (Lipinski definition) is 1. The molecule has 1 atom stereocenters. The maximum absolute atomic E-state index is 12.8. The van der Waals surface area contributed by atoms with Gasteiger partial charge in [-0.25, -0.2) is 0 Å². The van der Waals surface area contributed by atoms with Crippen LogP contribution in [0.25, 0.3) is 0 Å². The molecule has 1 aliphatic rings. The zero-order valence-corrected chi connectivity index (χ0v) is 10.5. The van der Waals surface area contributed by atoms with Crippen molar-refractivity contribution >= 4 is 5.69 Å². The molecule has 2 rings (SSSR count). The molecule has 0 spiro atoms. The summed E-state index contributed by atoms with van der Waals surface area (Å²) in [5, 5.41) is 3.17. The zero-order valence-electron chi connectivity index (χ0n) is 10.5. The molecule has 1 aromatic carbocycles. The first-order valence-corrected chi connectivity index (χ1v) is 5.99. The van der Waals surface area contributed by atoms with Crippen molar-refractivity contribution in [3.05, 3.63) is 29.3 Å². The van der Waals surface area contributed by atoms with Gasteiger partial charge < -0.3 is 10.2 Å². The van der Waals surface area contributed by atoms with Gasteiger partial charge in [0.05, 0.1) is 5.56 Å². The molecule has 0 bridgehead atoms. The third-order valence-corrected chi connectivity index (χ3v) is 3.31. The summed E-state index contributed by atoms with van der Waals surface area (Å²) >= 11 is 0. The highest BCUT2D eigenvalue weighted by molar-refractivity contribution is 5.50. The molecule has 1 saturated heterocycles. The van der Waals surface area contributed by atoms with Gasteiger partial charge in [-0.3, -0.25) is 0 Å². The molecule has 0 saturated carbocycles. The summed E-state index contributed by atoms with van der Waals surface area (Å²) in [5.74, 6) is 0. The fraction of sp³-hybridized carbons (Fsp3) is 0.538. The van der Waals surface area contributed by atoms with Gasteiger partial charge in [-0.15, -0.1) is 0 Å². The van der Waals surface area contributed by atoms with Crippen LogP contribution in [0.2, 0.25) is 0 Å². The zero-order chi connectivity index (χ0) is 13.3. The smallest absolute Gasteiger partial charge is 0.381 e. The maximum atomic E-state index is 12.8. The largest absolute Gasteiger partial charge is 0.416 e. The molecule has 18 heavy (non-hydrogen) atoms. The molecule has 0 radical (unpaired) electrons. The average Bonchev–Trinajstić information content (AvgIpc) is 2.65. The number of nitrogens with one attached hydrogen (secondary N) is 1. The summed E-state index contributed by atoms with van der Waals surface area (Å²) in [6.07, 6.45) is -3.32. The number of benzene rings is 1. The van der Waals surface area contributed by atoms with Gasteiger partial charge >= 0.3 is 6.18 Å². The van der Waals surface area contributed by atoms with Crippen molar-refractivity contribution in [2.45, 2.75) is 25.6 Å². The number of aryl methyl sites for hydroxylation is 1. The Kier molecular flexibility index (Phi) is 3.52. The summed E-state index contributed by atoms with van der Waals surface area (Å²) in [7, 11) is 2.01. The molecular weight excluding hydrogens is 241 g/mol. The van der Waals surface area contributed by atoms with Crippen molar-refractivity contribution in [2.75, 3.05) is 25.5 Å². The van der Waals surface area contributed by atoms with Crippen LogP contribution in [0.1, 0.15) is 17.5 Å². The van der Waals surface area contributed by atoms with E-state index in [1.807, 2.05) is 7.05 Å². The Morgan fingerprint density at radius 2 is 2.06 bits per heavy atom. The van der Waals surface area contributed by atoms with E-state index in [-0.39, 0.29) is 11.6 Å². The first kappa shape index (κ1) is 13.2. The minimum absolute atomic E-state index is 0.235. The van der Waals surface area contributed by atoms with E-state index in [0.29, 0.717) is 5.69 Å². The van der Waals surface area contributed by atoms with E-state index in [0.717, 1.165) is 19.5 Å². The number of halogens is 3. The van der Waals surface area contributed by atoms with Gasteiger partial charge in [-0.2, -0.15) is 13.2 Å². The molecule has 100 valence electrons. The quantitative estimate of drug-likeness (QED) is 0.876. The lowest BCUT2D eigenvalue weighted by molar-refractivity contribution is -0.138. The molecular formula is C13H17F3N2. The number of likely N-dealkylation sites (N-methyl/N-ethyl adjacent to an activating group) is 1. The second kappa shape index (κ2) is 4.80. The van der Waals surface area contributed by atoms with Gasteiger partial charge in [-0.1, -0.05) is 6.07 Å². The minimum Gasteiger partial charge on any atom is -0.381 e. The van der Waals surface area contributed by atoms with Crippen LogP contribution in [0.3, 0.4) is 0 Å². The fourth-order valence-electron chi connectivity index (χ4n) is 2.31. The lowest BCUT2D eigenvalue weighted by atomic mass is 10.1. The van der Waals surface area contributed by atoms with Crippen molar-refractivity contribution in [3.8, 4) is 0 Å². The van der Waals surface area contributed by atoms with Crippen LogP contribution >= 0.6 is 0 Å². The Bertz CT molecular complexity index is 429. The molecule has 1 aliphatic heterocycles. The van der Waals surface area contributed by atoms with Crippen molar-refractivity contribution in [1.29, 1.82) is 0 Å². The molecule has 0 aromatic heterocycles. The van der Waals surface area contributed by atoms with Gasteiger partial charge in [0.15, 0.2) is 0 Å². The maximum Gasteiger partial charge on any atom is 0.416 e. The van der Waals surface area contributed by atoms with Crippen LogP contribution in [0.15, 0.2) is 18.2 Å². The normalized spacial score (nSPS) is 21.3. The summed E-state index contributed by atoms with van der Waals surface area (Å²) in [6.45, 7) is 3.33. The second-order valence-electron chi connectivity index (χ2n) is 4.92. The van der Waals surface area contributed by atoms with Gasteiger partial charge in [0.25, 0.3) is 0 Å². The third kappa shape index (κ3) is 2.96. The summed E-state index contributed by atoms with van der Waals surface area (Å²) in [6, 6.07) is 4.67. The topological polar surface area (TPSA) is 15.3 Å². The number of hydrogen-bond acceptors (Lipinski definition) is 2. The van der Waals surface area contributed by atoms with Crippen LogP contribution in [0, 0.1) is 6.92 Å². The molecule has 5 heteroatoms. The van der Waals surface area contributed by atoms with E-state index < -0.39 is 11.7 Å².